The van der Waals surface area contributed by atoms with Gasteiger partial charge in [-0.3, -0.25) is 4.99 Å². The monoisotopic (exact) mass is 325 g/mol. The van der Waals surface area contributed by atoms with Gasteiger partial charge >= 0.3 is 0 Å². The Kier molecular flexibility index (Phi) is 8.24. The Hall–Kier alpha value is -1.30. The molecule has 0 amide bonds. The Bertz CT molecular complexity index is 453. The van der Waals surface area contributed by atoms with Crippen molar-refractivity contribution in [2.75, 3.05) is 26.0 Å². The zero-order valence-corrected chi connectivity index (χ0v) is 15.6. The Labute approximate surface area is 139 Å². The van der Waals surface area contributed by atoms with Crippen LogP contribution in [0.1, 0.15) is 45.7 Å². The van der Waals surface area contributed by atoms with Gasteiger partial charge in [0.2, 0.25) is 0 Å². The maximum absolute atomic E-state index is 4.56. The first-order valence-electron chi connectivity index (χ1n) is 8.01. The summed E-state index contributed by atoms with van der Waals surface area (Å²) in [6, 6.07) is 0.428. The Morgan fingerprint density at radius 1 is 1.32 bits per heavy atom. The normalized spacial score (nSPS) is 13.3. The lowest BCUT2D eigenvalue weighted by Crippen LogP contribution is -2.41. The molecule has 0 spiro atoms. The maximum atomic E-state index is 4.56. The van der Waals surface area contributed by atoms with E-state index in [0.29, 0.717) is 12.6 Å². The van der Waals surface area contributed by atoms with E-state index in [9.17, 15) is 0 Å². The minimum Gasteiger partial charge on any atom is -0.354 e. The molecule has 1 aromatic heterocycles. The van der Waals surface area contributed by atoms with Gasteiger partial charge in [-0.05, 0) is 19.3 Å². The molecule has 0 aliphatic heterocycles. The quantitative estimate of drug-likeness (QED) is 0.570. The highest BCUT2D eigenvalue weighted by Gasteiger charge is 2.07. The molecule has 1 heterocycles. The summed E-state index contributed by atoms with van der Waals surface area (Å²) in [4.78, 5) is 10.9. The molecule has 1 unspecified atom stereocenters. The zero-order valence-electron chi connectivity index (χ0n) is 14.8. The number of hydrogen-bond acceptors (Lipinski definition) is 4. The highest BCUT2D eigenvalue weighted by molar-refractivity contribution is 7.13. The van der Waals surface area contributed by atoms with E-state index in [-0.39, 0.29) is 0 Å². The standard InChI is InChI=1S/C16H31N5S/c1-12(2)8-7-9-13(3)19-15(17-4)18-10-14-11-22-16(20-14)21(5)6/h11-13H,7-10H2,1-6H3,(H2,17,18,19). The molecule has 1 aromatic rings. The lowest BCUT2D eigenvalue weighted by Gasteiger charge is -2.18. The van der Waals surface area contributed by atoms with E-state index in [1.807, 2.05) is 26.0 Å². The van der Waals surface area contributed by atoms with Gasteiger partial charge in [0, 0.05) is 32.6 Å². The van der Waals surface area contributed by atoms with Crippen molar-refractivity contribution in [1.82, 2.24) is 15.6 Å². The molecule has 6 heteroatoms. The smallest absolute Gasteiger partial charge is 0.191 e. The first-order chi connectivity index (χ1) is 10.4. The Morgan fingerprint density at radius 2 is 2.05 bits per heavy atom. The van der Waals surface area contributed by atoms with Crippen LogP contribution in [0.2, 0.25) is 0 Å². The van der Waals surface area contributed by atoms with Crippen LogP contribution in [0.3, 0.4) is 0 Å². The van der Waals surface area contributed by atoms with Crippen LogP contribution in [0.4, 0.5) is 5.13 Å². The third-order valence-electron chi connectivity index (χ3n) is 3.38. The maximum Gasteiger partial charge on any atom is 0.191 e. The van der Waals surface area contributed by atoms with Gasteiger partial charge in [-0.2, -0.15) is 0 Å². The molecule has 22 heavy (non-hydrogen) atoms. The van der Waals surface area contributed by atoms with E-state index in [2.05, 4.69) is 46.8 Å². The number of nitrogens with one attached hydrogen (secondary N) is 2. The van der Waals surface area contributed by atoms with Gasteiger partial charge in [0.05, 0.1) is 12.2 Å². The summed E-state index contributed by atoms with van der Waals surface area (Å²) >= 11 is 1.66. The number of guanidine groups is 1. The predicted molar refractivity (Wildman–Crippen MR) is 97.9 cm³/mol. The molecular weight excluding hydrogens is 294 g/mol. The number of hydrogen-bond donors (Lipinski definition) is 2. The summed E-state index contributed by atoms with van der Waals surface area (Å²) in [6.45, 7) is 7.45. The number of rotatable bonds is 8. The number of thiazole rings is 1. The lowest BCUT2D eigenvalue weighted by atomic mass is 10.0. The van der Waals surface area contributed by atoms with E-state index in [1.165, 1.54) is 19.3 Å². The van der Waals surface area contributed by atoms with Crippen LogP contribution in [0.15, 0.2) is 10.4 Å². The molecule has 0 aliphatic carbocycles. The van der Waals surface area contributed by atoms with Crippen LogP contribution in [-0.4, -0.2) is 38.1 Å². The van der Waals surface area contributed by atoms with Crippen molar-refractivity contribution in [1.29, 1.82) is 0 Å². The number of anilines is 1. The number of nitrogens with zero attached hydrogens (tertiary/aromatic N) is 3. The first kappa shape index (κ1) is 18.7. The molecule has 1 atom stereocenters. The summed E-state index contributed by atoms with van der Waals surface area (Å²) in [5.41, 5.74) is 1.05. The second-order valence-electron chi connectivity index (χ2n) is 6.31. The van der Waals surface area contributed by atoms with Crippen LogP contribution in [0, 0.1) is 5.92 Å². The fraction of sp³-hybridized carbons (Fsp3) is 0.750. The number of aliphatic imine (C=N–C) groups is 1. The Morgan fingerprint density at radius 3 is 2.59 bits per heavy atom. The summed E-state index contributed by atoms with van der Waals surface area (Å²) in [5, 5.41) is 9.89. The molecule has 126 valence electrons. The van der Waals surface area contributed by atoms with Crippen LogP contribution < -0.4 is 15.5 Å². The van der Waals surface area contributed by atoms with Crippen molar-refractivity contribution in [2.24, 2.45) is 10.9 Å². The van der Waals surface area contributed by atoms with Crippen molar-refractivity contribution < 1.29 is 0 Å². The van der Waals surface area contributed by atoms with Gasteiger partial charge in [0.15, 0.2) is 11.1 Å². The molecule has 5 nitrogen and oxygen atoms in total. The van der Waals surface area contributed by atoms with Crippen LogP contribution >= 0.6 is 11.3 Å². The molecule has 0 saturated heterocycles. The second-order valence-corrected chi connectivity index (χ2v) is 7.15. The minimum absolute atomic E-state index is 0.428. The summed E-state index contributed by atoms with van der Waals surface area (Å²) in [5.74, 6) is 1.62. The SMILES string of the molecule is CN=C(NCc1csc(N(C)C)n1)NC(C)CCCC(C)C. The summed E-state index contributed by atoms with van der Waals surface area (Å²) < 4.78 is 0. The fourth-order valence-corrected chi connectivity index (χ4v) is 2.85. The molecule has 0 aromatic carbocycles. The van der Waals surface area contributed by atoms with Crippen LogP contribution in [0.5, 0.6) is 0 Å². The molecule has 1 rings (SSSR count). The van der Waals surface area contributed by atoms with Crippen LogP contribution in [-0.2, 0) is 6.54 Å². The number of aromatic nitrogens is 1. The third-order valence-corrected chi connectivity index (χ3v) is 4.44. The van der Waals surface area contributed by atoms with Crippen molar-refractivity contribution in [2.45, 2.75) is 52.6 Å². The largest absolute Gasteiger partial charge is 0.354 e. The van der Waals surface area contributed by atoms with E-state index < -0.39 is 0 Å². The van der Waals surface area contributed by atoms with Crippen molar-refractivity contribution in [3.05, 3.63) is 11.1 Å². The van der Waals surface area contributed by atoms with Crippen molar-refractivity contribution in [3.8, 4) is 0 Å². The van der Waals surface area contributed by atoms with Gasteiger partial charge in [0.25, 0.3) is 0 Å². The van der Waals surface area contributed by atoms with Crippen molar-refractivity contribution in [3.63, 3.8) is 0 Å². The molecule has 0 saturated carbocycles. The van der Waals surface area contributed by atoms with Crippen LogP contribution in [0.25, 0.3) is 0 Å². The first-order valence-corrected chi connectivity index (χ1v) is 8.89. The van der Waals surface area contributed by atoms with Gasteiger partial charge in [-0.15, -0.1) is 11.3 Å². The topological polar surface area (TPSA) is 52.6 Å². The van der Waals surface area contributed by atoms with E-state index in [1.54, 1.807) is 11.3 Å². The van der Waals surface area contributed by atoms with Crippen molar-refractivity contribution >= 4 is 22.4 Å². The Balaban J connectivity index is 2.35. The van der Waals surface area contributed by atoms with E-state index in [0.717, 1.165) is 22.7 Å². The summed E-state index contributed by atoms with van der Waals surface area (Å²) in [6.07, 6.45) is 3.70. The molecule has 0 fully saturated rings. The summed E-state index contributed by atoms with van der Waals surface area (Å²) in [7, 11) is 5.83. The molecule has 0 aliphatic rings. The fourth-order valence-electron chi connectivity index (χ4n) is 2.09. The molecular formula is C16H31N5S. The van der Waals surface area contributed by atoms with Gasteiger partial charge in [0.1, 0.15) is 0 Å². The van der Waals surface area contributed by atoms with E-state index in [4.69, 9.17) is 0 Å². The molecule has 0 bridgehead atoms. The average molecular weight is 326 g/mol. The predicted octanol–water partition coefficient (Wildman–Crippen LogP) is 3.09. The van der Waals surface area contributed by atoms with Gasteiger partial charge in [-0.1, -0.05) is 26.7 Å². The zero-order chi connectivity index (χ0) is 16.5. The lowest BCUT2D eigenvalue weighted by molar-refractivity contribution is 0.491. The minimum atomic E-state index is 0.428. The van der Waals surface area contributed by atoms with Gasteiger partial charge in [-0.25, -0.2) is 4.98 Å². The highest BCUT2D eigenvalue weighted by Crippen LogP contribution is 2.17. The second kappa shape index (κ2) is 9.66. The highest BCUT2D eigenvalue weighted by atomic mass is 32.1. The molecule has 0 radical (unpaired) electrons. The van der Waals surface area contributed by atoms with E-state index >= 15 is 0 Å². The molecule has 2 N–H and O–H groups in total. The van der Waals surface area contributed by atoms with Gasteiger partial charge < -0.3 is 15.5 Å². The average Bonchev–Trinajstić information content (AvgIpc) is 2.92. The third kappa shape index (κ3) is 7.11.